The molecule has 0 fully saturated rings. The first kappa shape index (κ1) is 28.4. The number of aliphatic hydroxyl groups excluding tert-OH is 1. The van der Waals surface area contributed by atoms with E-state index in [4.69, 9.17) is 9.47 Å². The van der Waals surface area contributed by atoms with Gasteiger partial charge < -0.3 is 14.6 Å². The van der Waals surface area contributed by atoms with Crippen LogP contribution in [0.3, 0.4) is 0 Å². The number of rotatable bonds is 14. The lowest BCUT2D eigenvalue weighted by Gasteiger charge is -2.23. The average molecular weight is 425 g/mol. The first-order chi connectivity index (χ1) is 14.1. The Bertz CT molecular complexity index is 578. The van der Waals surface area contributed by atoms with Gasteiger partial charge in [-0.1, -0.05) is 52.7 Å². The van der Waals surface area contributed by atoms with Gasteiger partial charge in [-0.05, 0) is 62.4 Å². The second-order valence-corrected chi connectivity index (χ2v) is 9.05. The van der Waals surface area contributed by atoms with Crippen LogP contribution in [0.2, 0.25) is 0 Å². The van der Waals surface area contributed by atoms with Gasteiger partial charge in [0.05, 0.1) is 20.1 Å². The quantitative estimate of drug-likeness (QED) is 0.232. The fourth-order valence-corrected chi connectivity index (χ4v) is 4.08. The molecule has 0 saturated heterocycles. The molecule has 174 valence electrons. The summed E-state index contributed by atoms with van der Waals surface area (Å²) in [7, 11) is 2.68. The van der Waals surface area contributed by atoms with Gasteiger partial charge in [0, 0.05) is 12.2 Å². The Morgan fingerprint density at radius 3 is 2.10 bits per heavy atom. The van der Waals surface area contributed by atoms with Crippen molar-refractivity contribution in [3.8, 4) is 0 Å². The molecule has 0 aliphatic carbocycles. The zero-order valence-corrected chi connectivity index (χ0v) is 20.4. The number of carbonyl (C=O) groups excluding carboxylic acids is 2. The zero-order chi connectivity index (χ0) is 23.3. The summed E-state index contributed by atoms with van der Waals surface area (Å²) in [5, 5.41) is 9.84. The molecule has 0 radical (unpaired) electrons. The van der Waals surface area contributed by atoms with Crippen molar-refractivity contribution < 1.29 is 24.2 Å². The third-order valence-electron chi connectivity index (χ3n) is 5.73. The number of hydrogen-bond acceptors (Lipinski definition) is 5. The van der Waals surface area contributed by atoms with E-state index in [0.717, 1.165) is 18.4 Å². The summed E-state index contributed by atoms with van der Waals surface area (Å²) in [6.45, 7) is 12.8. The van der Waals surface area contributed by atoms with E-state index >= 15 is 0 Å². The number of ether oxygens (including phenoxy) is 2. The average Bonchev–Trinajstić information content (AvgIpc) is 2.70. The van der Waals surface area contributed by atoms with Crippen LogP contribution in [0.5, 0.6) is 0 Å². The van der Waals surface area contributed by atoms with Crippen molar-refractivity contribution in [2.24, 2.45) is 29.6 Å². The zero-order valence-electron chi connectivity index (χ0n) is 20.4. The van der Waals surface area contributed by atoms with E-state index in [9.17, 15) is 14.7 Å². The van der Waals surface area contributed by atoms with Crippen molar-refractivity contribution >= 4 is 11.9 Å². The van der Waals surface area contributed by atoms with Crippen LogP contribution in [-0.2, 0) is 19.1 Å². The summed E-state index contributed by atoms with van der Waals surface area (Å²) in [5.74, 6) is 0.650. The molecule has 5 heteroatoms. The highest BCUT2D eigenvalue weighted by Gasteiger charge is 2.20. The molecule has 0 saturated carbocycles. The molecule has 0 aliphatic heterocycles. The van der Waals surface area contributed by atoms with Crippen molar-refractivity contribution in [1.82, 2.24) is 0 Å². The van der Waals surface area contributed by atoms with Crippen molar-refractivity contribution in [2.45, 2.75) is 73.6 Å². The topological polar surface area (TPSA) is 72.8 Å². The van der Waals surface area contributed by atoms with Gasteiger partial charge in [0.1, 0.15) is 0 Å². The van der Waals surface area contributed by atoms with Gasteiger partial charge in [-0.3, -0.25) is 4.79 Å². The van der Waals surface area contributed by atoms with Crippen molar-refractivity contribution in [3.63, 3.8) is 0 Å². The number of hydrogen-bond donors (Lipinski definition) is 1. The molecule has 0 bridgehead atoms. The van der Waals surface area contributed by atoms with Crippen molar-refractivity contribution in [2.75, 3.05) is 20.8 Å². The number of aliphatic hydroxyl groups is 1. The van der Waals surface area contributed by atoms with Crippen molar-refractivity contribution in [3.05, 3.63) is 23.3 Å². The number of methoxy groups -OCH3 is 2. The third kappa shape index (κ3) is 11.5. The van der Waals surface area contributed by atoms with Crippen LogP contribution in [0.4, 0.5) is 0 Å². The Balaban J connectivity index is 5.12. The molecular formula is C25H44O5. The first-order valence-electron chi connectivity index (χ1n) is 11.2. The molecule has 0 aromatic carbocycles. The second-order valence-electron chi connectivity index (χ2n) is 9.05. The van der Waals surface area contributed by atoms with Gasteiger partial charge in [0.15, 0.2) is 0 Å². The second kappa shape index (κ2) is 15.2. The third-order valence-corrected chi connectivity index (χ3v) is 5.73. The summed E-state index contributed by atoms with van der Waals surface area (Å²) >= 11 is 0. The number of esters is 2. The smallest absolute Gasteiger partial charge is 0.333 e. The minimum Gasteiger partial charge on any atom is -0.469 e. The van der Waals surface area contributed by atoms with E-state index in [1.54, 1.807) is 13.0 Å². The van der Waals surface area contributed by atoms with Gasteiger partial charge in [-0.25, -0.2) is 4.79 Å². The van der Waals surface area contributed by atoms with E-state index in [2.05, 4.69) is 33.8 Å². The van der Waals surface area contributed by atoms with Crippen molar-refractivity contribution in [1.29, 1.82) is 0 Å². The maximum atomic E-state index is 12.1. The molecule has 5 atom stereocenters. The lowest BCUT2D eigenvalue weighted by Crippen LogP contribution is -2.17. The predicted molar refractivity (Wildman–Crippen MR) is 122 cm³/mol. The minimum atomic E-state index is -0.432. The molecule has 0 amide bonds. The standard InChI is InChI=1S/C25H44O5/c1-9-17(2)10-18(3)12-22(16-26)13-19(4)11-20(5)14-23(25(28)30-8)15-21(6)24(27)29-7/h11,14,17-19,21-22,26H,9-10,12-13,15-16H2,1-8H3/b20-11-,23-14-/t17-,18-,19-,21+,22-/m0/s1. The van der Waals surface area contributed by atoms with Crippen LogP contribution in [-0.4, -0.2) is 37.9 Å². The van der Waals surface area contributed by atoms with Gasteiger partial charge >= 0.3 is 11.9 Å². The maximum Gasteiger partial charge on any atom is 0.333 e. The largest absolute Gasteiger partial charge is 0.469 e. The molecule has 0 aromatic heterocycles. The summed E-state index contributed by atoms with van der Waals surface area (Å²) < 4.78 is 9.64. The van der Waals surface area contributed by atoms with Crippen LogP contribution < -0.4 is 0 Å². The summed E-state index contributed by atoms with van der Waals surface area (Å²) in [5.41, 5.74) is 1.40. The van der Waals surface area contributed by atoms with Crippen LogP contribution >= 0.6 is 0 Å². The van der Waals surface area contributed by atoms with E-state index in [-0.39, 0.29) is 30.8 Å². The maximum absolute atomic E-state index is 12.1. The van der Waals surface area contributed by atoms with E-state index in [0.29, 0.717) is 17.4 Å². The monoisotopic (exact) mass is 424 g/mol. The summed E-state index contributed by atoms with van der Waals surface area (Å²) in [6.07, 6.45) is 8.49. The molecule has 0 aromatic rings. The molecule has 0 spiro atoms. The molecule has 5 nitrogen and oxygen atoms in total. The van der Waals surface area contributed by atoms with E-state index in [1.807, 2.05) is 6.92 Å². The van der Waals surface area contributed by atoms with Crippen LogP contribution in [0.1, 0.15) is 73.6 Å². The Kier molecular flexibility index (Phi) is 14.4. The summed E-state index contributed by atoms with van der Waals surface area (Å²) in [4.78, 5) is 23.8. The van der Waals surface area contributed by atoms with Gasteiger partial charge in [-0.2, -0.15) is 0 Å². The number of carbonyl (C=O) groups is 2. The van der Waals surface area contributed by atoms with E-state index < -0.39 is 11.9 Å². The Morgan fingerprint density at radius 1 is 0.967 bits per heavy atom. The lowest BCUT2D eigenvalue weighted by atomic mass is 9.84. The highest BCUT2D eigenvalue weighted by Crippen LogP contribution is 2.26. The van der Waals surface area contributed by atoms with Gasteiger partial charge in [-0.15, -0.1) is 0 Å². The van der Waals surface area contributed by atoms with Crippen LogP contribution in [0.15, 0.2) is 23.3 Å². The molecular weight excluding hydrogens is 380 g/mol. The van der Waals surface area contributed by atoms with Gasteiger partial charge in [0.2, 0.25) is 0 Å². The minimum absolute atomic E-state index is 0.196. The predicted octanol–water partition coefficient (Wildman–Crippen LogP) is 5.33. The van der Waals surface area contributed by atoms with Crippen LogP contribution in [0.25, 0.3) is 0 Å². The lowest BCUT2D eigenvalue weighted by molar-refractivity contribution is -0.145. The molecule has 0 aliphatic rings. The van der Waals surface area contributed by atoms with Crippen LogP contribution in [0, 0.1) is 29.6 Å². The molecule has 0 heterocycles. The number of allylic oxidation sites excluding steroid dienone is 3. The molecule has 0 rings (SSSR count). The highest BCUT2D eigenvalue weighted by molar-refractivity contribution is 5.90. The fraction of sp³-hybridized carbons (Fsp3) is 0.760. The molecule has 1 N–H and O–H groups in total. The highest BCUT2D eigenvalue weighted by atomic mass is 16.5. The first-order valence-corrected chi connectivity index (χ1v) is 11.2. The SMILES string of the molecule is CC[C@H](C)C[C@H](C)C[C@H](CO)C[C@@H](C)/C=C(C)\C=C(\C[C@@H](C)C(=O)OC)C(=O)OC. The molecule has 30 heavy (non-hydrogen) atoms. The van der Waals surface area contributed by atoms with E-state index in [1.165, 1.54) is 27.1 Å². The summed E-state index contributed by atoms with van der Waals surface area (Å²) in [6, 6.07) is 0. The molecule has 0 unspecified atom stereocenters. The van der Waals surface area contributed by atoms with Gasteiger partial charge in [0.25, 0.3) is 0 Å². The Hall–Kier alpha value is -1.62. The Morgan fingerprint density at radius 2 is 1.60 bits per heavy atom. The normalized spacial score (nSPS) is 17.6. The Labute approximate surface area is 183 Å². The fourth-order valence-electron chi connectivity index (χ4n) is 4.08.